The Labute approximate surface area is 212 Å². The number of carbonyl (C=O) groups is 3. The van der Waals surface area contributed by atoms with Crippen LogP contribution in [0.2, 0.25) is 0 Å². The molecule has 0 saturated carbocycles. The first kappa shape index (κ1) is 25.4. The molecule has 1 unspecified atom stereocenters. The normalized spacial score (nSPS) is 22.2. The molecule has 3 aliphatic rings. The molecule has 37 heavy (non-hydrogen) atoms. The quantitative estimate of drug-likeness (QED) is 0.611. The lowest BCUT2D eigenvalue weighted by molar-refractivity contribution is -0.138. The summed E-state index contributed by atoms with van der Waals surface area (Å²) in [4.78, 5) is 40.5. The fourth-order valence-electron chi connectivity index (χ4n) is 5.70. The number of nitrogens with zero attached hydrogens (tertiary/aromatic N) is 2. The van der Waals surface area contributed by atoms with E-state index in [1.807, 2.05) is 6.92 Å². The number of halogens is 3. The first-order valence-electron chi connectivity index (χ1n) is 12.3. The van der Waals surface area contributed by atoms with Gasteiger partial charge in [-0.05, 0) is 66.6 Å². The van der Waals surface area contributed by atoms with E-state index >= 15 is 0 Å². The van der Waals surface area contributed by atoms with Crippen molar-refractivity contribution in [1.29, 1.82) is 0 Å². The lowest BCUT2D eigenvalue weighted by atomic mass is 9.80. The van der Waals surface area contributed by atoms with Gasteiger partial charge < -0.3 is 10.0 Å². The Balaban J connectivity index is 1.27. The van der Waals surface area contributed by atoms with Gasteiger partial charge in [-0.15, -0.1) is 0 Å². The van der Waals surface area contributed by atoms with Crippen molar-refractivity contribution in [1.82, 2.24) is 15.1 Å². The number of fused-ring (bicyclic) bond motifs is 1. The van der Waals surface area contributed by atoms with Gasteiger partial charge >= 0.3 is 6.18 Å². The molecule has 10 heteroatoms. The maximum atomic E-state index is 13.1. The van der Waals surface area contributed by atoms with Crippen LogP contribution in [0.15, 0.2) is 36.4 Å². The first-order chi connectivity index (χ1) is 17.5. The number of likely N-dealkylation sites (tertiary alicyclic amines) is 1. The zero-order chi connectivity index (χ0) is 26.5. The minimum absolute atomic E-state index is 0.184. The highest BCUT2D eigenvalue weighted by Crippen LogP contribution is 2.39. The van der Waals surface area contributed by atoms with Gasteiger partial charge in [-0.2, -0.15) is 13.2 Å². The van der Waals surface area contributed by atoms with E-state index in [9.17, 15) is 32.7 Å². The van der Waals surface area contributed by atoms with Crippen LogP contribution in [0.3, 0.4) is 0 Å². The number of alkyl halides is 3. The zero-order valence-corrected chi connectivity index (χ0v) is 20.4. The lowest BCUT2D eigenvalue weighted by Crippen LogP contribution is -2.52. The molecule has 0 bridgehead atoms. The Morgan fingerprint density at radius 1 is 1.05 bits per heavy atom. The van der Waals surface area contributed by atoms with Gasteiger partial charge in [0.25, 0.3) is 5.91 Å². The van der Waals surface area contributed by atoms with Crippen molar-refractivity contribution in [2.75, 3.05) is 13.1 Å². The molecule has 0 radical (unpaired) electrons. The second kappa shape index (κ2) is 9.25. The van der Waals surface area contributed by atoms with E-state index in [4.69, 9.17) is 0 Å². The standard InChI is InChI=1S/C27H28F3N3O4/c1-16-20-15-33(22-8-9-23(34)31-24(22)35)25(36)19(20)6-7-21(16)26(37)10-12-32(13-11-26)14-17-2-4-18(5-3-17)27(28,29)30/h2-7,22,37H,8-15H2,1H3,(H,31,34,35). The van der Waals surface area contributed by atoms with Gasteiger partial charge in [0.1, 0.15) is 6.04 Å². The summed E-state index contributed by atoms with van der Waals surface area (Å²) in [5.41, 5.74) is 1.87. The number of piperidine rings is 2. The van der Waals surface area contributed by atoms with Crippen molar-refractivity contribution in [2.45, 2.75) is 63.5 Å². The Hall–Kier alpha value is -3.24. The number of benzene rings is 2. The molecule has 2 fully saturated rings. The molecular weight excluding hydrogens is 487 g/mol. The number of rotatable bonds is 4. The SMILES string of the molecule is Cc1c(C2(O)CCN(Cc3ccc(C(F)(F)F)cc3)CC2)ccc2c1CN(C1CCC(=O)NC1=O)C2=O. The second-order valence-electron chi connectivity index (χ2n) is 10.2. The molecule has 0 aliphatic carbocycles. The van der Waals surface area contributed by atoms with Crippen molar-refractivity contribution in [3.8, 4) is 0 Å². The highest BCUT2D eigenvalue weighted by Gasteiger charge is 2.42. The maximum absolute atomic E-state index is 13.1. The minimum atomic E-state index is -4.36. The molecule has 3 amide bonds. The van der Waals surface area contributed by atoms with Crippen LogP contribution in [-0.2, 0) is 34.5 Å². The van der Waals surface area contributed by atoms with E-state index in [1.165, 1.54) is 17.0 Å². The van der Waals surface area contributed by atoms with Gasteiger partial charge in [0, 0.05) is 38.2 Å². The molecular formula is C27H28F3N3O4. The van der Waals surface area contributed by atoms with Crippen molar-refractivity contribution in [3.63, 3.8) is 0 Å². The summed E-state index contributed by atoms with van der Waals surface area (Å²) in [7, 11) is 0. The largest absolute Gasteiger partial charge is 0.416 e. The maximum Gasteiger partial charge on any atom is 0.416 e. The van der Waals surface area contributed by atoms with Crippen molar-refractivity contribution in [3.05, 3.63) is 69.8 Å². The Morgan fingerprint density at radius 2 is 1.73 bits per heavy atom. The van der Waals surface area contributed by atoms with Crippen LogP contribution in [0.25, 0.3) is 0 Å². The zero-order valence-electron chi connectivity index (χ0n) is 20.4. The third kappa shape index (κ3) is 4.75. The number of hydrogen-bond acceptors (Lipinski definition) is 5. The van der Waals surface area contributed by atoms with Crippen LogP contribution in [0.4, 0.5) is 13.2 Å². The molecule has 3 heterocycles. The Kier molecular flexibility index (Phi) is 6.35. The van der Waals surface area contributed by atoms with E-state index in [-0.39, 0.29) is 31.2 Å². The number of imide groups is 1. The van der Waals surface area contributed by atoms with Gasteiger partial charge in [0.05, 0.1) is 11.2 Å². The number of hydrogen-bond donors (Lipinski definition) is 2. The minimum Gasteiger partial charge on any atom is -0.385 e. The first-order valence-corrected chi connectivity index (χ1v) is 12.3. The predicted molar refractivity (Wildman–Crippen MR) is 127 cm³/mol. The molecule has 1 atom stereocenters. The van der Waals surface area contributed by atoms with Crippen molar-refractivity contribution in [2.24, 2.45) is 0 Å². The van der Waals surface area contributed by atoms with Crippen molar-refractivity contribution >= 4 is 17.7 Å². The topological polar surface area (TPSA) is 89.9 Å². The van der Waals surface area contributed by atoms with Gasteiger partial charge in [-0.25, -0.2) is 0 Å². The highest BCUT2D eigenvalue weighted by atomic mass is 19.4. The summed E-state index contributed by atoms with van der Waals surface area (Å²) in [6.45, 7) is 3.75. The number of carbonyl (C=O) groups excluding carboxylic acids is 3. The molecule has 3 aliphatic heterocycles. The van der Waals surface area contributed by atoms with Gasteiger partial charge in [0.2, 0.25) is 11.8 Å². The molecule has 5 rings (SSSR count). The summed E-state index contributed by atoms with van der Waals surface area (Å²) >= 11 is 0. The fraction of sp³-hybridized carbons (Fsp3) is 0.444. The predicted octanol–water partition coefficient (Wildman–Crippen LogP) is 3.26. The second-order valence-corrected chi connectivity index (χ2v) is 10.2. The van der Waals surface area contributed by atoms with Crippen LogP contribution in [-0.4, -0.2) is 51.8 Å². The van der Waals surface area contributed by atoms with E-state index in [1.54, 1.807) is 12.1 Å². The highest BCUT2D eigenvalue weighted by molar-refractivity contribution is 6.05. The summed E-state index contributed by atoms with van der Waals surface area (Å²) in [5.74, 6) is -1.05. The molecule has 0 aromatic heterocycles. The van der Waals surface area contributed by atoms with Crippen LogP contribution < -0.4 is 5.32 Å². The summed E-state index contributed by atoms with van der Waals surface area (Å²) in [5, 5.41) is 13.9. The fourth-order valence-corrected chi connectivity index (χ4v) is 5.70. The van der Waals surface area contributed by atoms with Crippen molar-refractivity contribution < 1.29 is 32.7 Å². The van der Waals surface area contributed by atoms with E-state index < -0.39 is 29.3 Å². The average molecular weight is 516 g/mol. The lowest BCUT2D eigenvalue weighted by Gasteiger charge is -2.39. The summed E-state index contributed by atoms with van der Waals surface area (Å²) in [6.07, 6.45) is -3.01. The smallest absolute Gasteiger partial charge is 0.385 e. The number of nitrogens with one attached hydrogen (secondary N) is 1. The van der Waals surface area contributed by atoms with E-state index in [2.05, 4.69) is 10.2 Å². The van der Waals surface area contributed by atoms with E-state index in [0.717, 1.165) is 34.4 Å². The van der Waals surface area contributed by atoms with Crippen LogP contribution in [0.1, 0.15) is 63.9 Å². The average Bonchev–Trinajstić information content (AvgIpc) is 3.18. The molecule has 7 nitrogen and oxygen atoms in total. The third-order valence-corrected chi connectivity index (χ3v) is 7.88. The molecule has 2 aromatic carbocycles. The Morgan fingerprint density at radius 3 is 2.35 bits per heavy atom. The molecule has 2 aromatic rings. The van der Waals surface area contributed by atoms with E-state index in [0.29, 0.717) is 38.0 Å². The number of amides is 3. The van der Waals surface area contributed by atoms with Gasteiger partial charge in [0.15, 0.2) is 0 Å². The van der Waals surface area contributed by atoms with Crippen LogP contribution in [0, 0.1) is 6.92 Å². The van der Waals surface area contributed by atoms with Crippen LogP contribution in [0.5, 0.6) is 0 Å². The van der Waals surface area contributed by atoms with Gasteiger partial charge in [-0.3, -0.25) is 24.6 Å². The molecule has 196 valence electrons. The molecule has 0 spiro atoms. The van der Waals surface area contributed by atoms with Crippen LogP contribution >= 0.6 is 0 Å². The molecule has 2 N–H and O–H groups in total. The number of aliphatic hydroxyl groups is 1. The third-order valence-electron chi connectivity index (χ3n) is 7.88. The van der Waals surface area contributed by atoms with Gasteiger partial charge in [-0.1, -0.05) is 18.2 Å². The molecule has 2 saturated heterocycles. The monoisotopic (exact) mass is 515 g/mol. The summed E-state index contributed by atoms with van der Waals surface area (Å²) in [6, 6.07) is 7.94. The summed E-state index contributed by atoms with van der Waals surface area (Å²) < 4.78 is 38.5. The Bertz CT molecular complexity index is 1250.